The van der Waals surface area contributed by atoms with Crippen LogP contribution < -0.4 is 11.5 Å². The number of nitrogens with zero attached hydrogens (tertiary/aromatic N) is 1. The largest absolute Gasteiger partial charge is 0.396 e. The molecule has 5 unspecified atom stereocenters. The van der Waals surface area contributed by atoms with Gasteiger partial charge in [0.1, 0.15) is 0 Å². The van der Waals surface area contributed by atoms with Crippen molar-refractivity contribution >= 4 is 33.3 Å². The molecular weight excluding hydrogens is 414 g/mol. The Labute approximate surface area is 188 Å². The highest BCUT2D eigenvalue weighted by Crippen LogP contribution is 2.74. The van der Waals surface area contributed by atoms with E-state index in [1.54, 1.807) is 0 Å². The van der Waals surface area contributed by atoms with E-state index in [0.29, 0.717) is 17.6 Å². The lowest BCUT2D eigenvalue weighted by molar-refractivity contribution is -0.121. The van der Waals surface area contributed by atoms with Gasteiger partial charge in [-0.25, -0.2) is 4.99 Å². The third-order valence-electron chi connectivity index (χ3n) is 8.66. The normalized spacial score (nSPS) is 39.3. The molecule has 5 atom stereocenters. The number of carbonyl (C=O) groups is 1. The van der Waals surface area contributed by atoms with Crippen LogP contribution >= 0.6 is 21.6 Å². The van der Waals surface area contributed by atoms with Crippen LogP contribution in [0.4, 0.5) is 0 Å². The number of aliphatic hydroxyl groups is 1. The topological polar surface area (TPSA) is 102 Å². The summed E-state index contributed by atoms with van der Waals surface area (Å²) >= 11 is 0. The van der Waals surface area contributed by atoms with Crippen molar-refractivity contribution in [3.8, 4) is 0 Å². The predicted octanol–water partition coefficient (Wildman–Crippen LogP) is 4.05. The molecule has 5 nitrogen and oxygen atoms in total. The molecule has 0 aromatic rings. The molecule has 4 rings (SSSR count). The summed E-state index contributed by atoms with van der Waals surface area (Å²) in [6.07, 6.45) is 10.2. The first-order valence-electron chi connectivity index (χ1n) is 11.6. The summed E-state index contributed by atoms with van der Waals surface area (Å²) in [7, 11) is 3.84. The van der Waals surface area contributed by atoms with Gasteiger partial charge in [0.05, 0.1) is 6.04 Å². The number of aliphatic hydroxyl groups excluding tert-OH is 1. The molecule has 0 aromatic heterocycles. The molecule has 2 fully saturated rings. The second kappa shape index (κ2) is 9.07. The standard InChI is InChI=1S/C23H37N3O2S2/c1-22-9-11-29-30-14-17(26-21(24)25)5-2-6-18-19-12-16(22)8-7-15(4-3-10-27)23(19,22)13-20(18)28/h15-17,27H,2-14H2,1H3,(H4,24,25,26). The first kappa shape index (κ1) is 22.5. The van der Waals surface area contributed by atoms with Crippen LogP contribution in [-0.4, -0.2) is 41.0 Å². The Balaban J connectivity index is 1.69. The Morgan fingerprint density at radius 2 is 2.10 bits per heavy atom. The molecule has 0 radical (unpaired) electrons. The number of hydrogen-bond donors (Lipinski definition) is 3. The molecule has 3 aliphatic carbocycles. The van der Waals surface area contributed by atoms with E-state index in [9.17, 15) is 9.90 Å². The maximum absolute atomic E-state index is 13.3. The van der Waals surface area contributed by atoms with Crippen LogP contribution in [0.1, 0.15) is 71.1 Å². The number of allylic oxidation sites excluding steroid dienone is 2. The van der Waals surface area contributed by atoms with Gasteiger partial charge in [0.15, 0.2) is 11.7 Å². The van der Waals surface area contributed by atoms with E-state index in [1.807, 2.05) is 21.6 Å². The fraction of sp³-hybridized carbons (Fsp3) is 0.826. The Morgan fingerprint density at radius 3 is 2.87 bits per heavy atom. The lowest BCUT2D eigenvalue weighted by Gasteiger charge is -2.54. The number of Topliss-reactive ketones (excluding diaryl/α,β-unsaturated/α-hetero) is 1. The molecular formula is C23H37N3O2S2. The van der Waals surface area contributed by atoms with Crippen molar-refractivity contribution in [2.45, 2.75) is 77.2 Å². The summed E-state index contributed by atoms with van der Waals surface area (Å²) < 4.78 is 0. The summed E-state index contributed by atoms with van der Waals surface area (Å²) in [6, 6.07) is 0.133. The van der Waals surface area contributed by atoms with Gasteiger partial charge >= 0.3 is 0 Å². The van der Waals surface area contributed by atoms with E-state index in [0.717, 1.165) is 62.0 Å². The van der Waals surface area contributed by atoms with Crippen molar-refractivity contribution in [1.29, 1.82) is 0 Å². The molecule has 7 heteroatoms. The SMILES string of the molecule is CC12CCSSCC(N=C(N)N)CCCC3=C4CC1CCC(CCCO)C42CC3=O. The van der Waals surface area contributed by atoms with Gasteiger partial charge in [-0.15, -0.1) is 0 Å². The molecule has 1 heterocycles. The molecule has 0 amide bonds. The maximum Gasteiger partial charge on any atom is 0.186 e. The monoisotopic (exact) mass is 451 g/mol. The van der Waals surface area contributed by atoms with Crippen molar-refractivity contribution in [2.24, 2.45) is 39.1 Å². The highest BCUT2D eigenvalue weighted by Gasteiger charge is 2.67. The quantitative estimate of drug-likeness (QED) is 0.339. The number of guanidine groups is 1. The van der Waals surface area contributed by atoms with Gasteiger partial charge in [0.2, 0.25) is 0 Å². The third-order valence-corrected chi connectivity index (χ3v) is 11.1. The first-order chi connectivity index (χ1) is 14.4. The number of carbonyl (C=O) groups excluding carboxylic acids is 1. The first-order valence-corrected chi connectivity index (χ1v) is 14.1. The average molecular weight is 452 g/mol. The van der Waals surface area contributed by atoms with E-state index >= 15 is 0 Å². The number of ketones is 1. The summed E-state index contributed by atoms with van der Waals surface area (Å²) in [5.74, 6) is 3.86. The summed E-state index contributed by atoms with van der Waals surface area (Å²) in [6.45, 7) is 2.75. The van der Waals surface area contributed by atoms with Crippen LogP contribution in [0.3, 0.4) is 0 Å². The van der Waals surface area contributed by atoms with Gasteiger partial charge in [-0.05, 0) is 80.6 Å². The van der Waals surface area contributed by atoms with E-state index in [4.69, 9.17) is 11.5 Å². The summed E-state index contributed by atoms with van der Waals surface area (Å²) in [5.41, 5.74) is 14.3. The van der Waals surface area contributed by atoms with Gasteiger partial charge in [-0.3, -0.25) is 4.79 Å². The Bertz CT molecular complexity index is 736. The van der Waals surface area contributed by atoms with Crippen molar-refractivity contribution in [2.75, 3.05) is 18.1 Å². The number of hydrogen-bond acceptors (Lipinski definition) is 5. The number of rotatable bonds is 4. The molecule has 5 bridgehead atoms. The number of nitrogens with two attached hydrogens (primary N) is 2. The predicted molar refractivity (Wildman–Crippen MR) is 127 cm³/mol. The Kier molecular flexibility index (Phi) is 6.81. The van der Waals surface area contributed by atoms with Crippen molar-refractivity contribution in [3.63, 3.8) is 0 Å². The molecule has 1 spiro atoms. The minimum atomic E-state index is 0.0516. The lowest BCUT2D eigenvalue weighted by atomic mass is 9.50. The van der Waals surface area contributed by atoms with E-state index in [1.165, 1.54) is 24.8 Å². The van der Waals surface area contributed by atoms with Gasteiger partial charge in [0.25, 0.3) is 0 Å². The molecule has 0 aromatic carbocycles. The van der Waals surface area contributed by atoms with Crippen LogP contribution in [0.5, 0.6) is 0 Å². The third kappa shape index (κ3) is 3.73. The Hall–Kier alpha value is -0.660. The van der Waals surface area contributed by atoms with Crippen LogP contribution in [0.25, 0.3) is 0 Å². The van der Waals surface area contributed by atoms with Crippen molar-refractivity contribution < 1.29 is 9.90 Å². The molecule has 4 aliphatic rings. The van der Waals surface area contributed by atoms with Gasteiger partial charge in [-0.2, -0.15) is 0 Å². The molecule has 168 valence electrons. The van der Waals surface area contributed by atoms with Crippen LogP contribution in [-0.2, 0) is 4.79 Å². The second-order valence-electron chi connectivity index (χ2n) is 9.94. The second-order valence-corrected chi connectivity index (χ2v) is 12.6. The van der Waals surface area contributed by atoms with E-state index in [2.05, 4.69) is 11.9 Å². The van der Waals surface area contributed by atoms with E-state index < -0.39 is 0 Å². The van der Waals surface area contributed by atoms with Crippen molar-refractivity contribution in [1.82, 2.24) is 0 Å². The van der Waals surface area contributed by atoms with E-state index in [-0.39, 0.29) is 29.4 Å². The fourth-order valence-corrected chi connectivity index (χ4v) is 9.80. The molecule has 5 N–H and O–H groups in total. The highest BCUT2D eigenvalue weighted by molar-refractivity contribution is 8.76. The van der Waals surface area contributed by atoms with Gasteiger partial charge in [-0.1, -0.05) is 34.1 Å². The molecule has 1 aliphatic heterocycles. The maximum atomic E-state index is 13.3. The minimum absolute atomic E-state index is 0.0516. The van der Waals surface area contributed by atoms with Crippen LogP contribution in [0.15, 0.2) is 16.1 Å². The summed E-state index contributed by atoms with van der Waals surface area (Å²) in [5, 5.41) is 9.51. The van der Waals surface area contributed by atoms with Crippen molar-refractivity contribution in [3.05, 3.63) is 11.1 Å². The molecule has 30 heavy (non-hydrogen) atoms. The van der Waals surface area contributed by atoms with Crippen LogP contribution in [0, 0.1) is 22.7 Å². The highest BCUT2D eigenvalue weighted by atomic mass is 33.1. The lowest BCUT2D eigenvalue weighted by Crippen LogP contribution is -2.48. The van der Waals surface area contributed by atoms with Gasteiger partial charge < -0.3 is 16.6 Å². The minimum Gasteiger partial charge on any atom is -0.396 e. The molecule has 0 saturated heterocycles. The smallest absolute Gasteiger partial charge is 0.186 e. The van der Waals surface area contributed by atoms with Gasteiger partial charge in [0, 0.05) is 29.9 Å². The zero-order chi connectivity index (χ0) is 21.4. The number of aliphatic imine (C=N–C) groups is 1. The molecule has 2 saturated carbocycles. The fourth-order valence-electron chi connectivity index (χ4n) is 7.31. The zero-order valence-corrected chi connectivity index (χ0v) is 19.8. The summed E-state index contributed by atoms with van der Waals surface area (Å²) in [4.78, 5) is 17.8. The zero-order valence-electron chi connectivity index (χ0n) is 18.2. The Morgan fingerprint density at radius 1 is 1.27 bits per heavy atom. The average Bonchev–Trinajstić information content (AvgIpc) is 3.02. The van der Waals surface area contributed by atoms with Crippen LogP contribution in [0.2, 0.25) is 0 Å².